The van der Waals surface area contributed by atoms with E-state index in [-0.39, 0.29) is 17.2 Å². The number of anilines is 1. The molecule has 2 N–H and O–H groups in total. The van der Waals surface area contributed by atoms with Crippen LogP contribution < -0.4 is 24.7 Å². The first-order valence-electron chi connectivity index (χ1n) is 13.0. The zero-order chi connectivity index (χ0) is 31.2. The van der Waals surface area contributed by atoms with Crippen LogP contribution in [0, 0.1) is 21.7 Å². The SMILES string of the molecule is COc1ccc2c(Oc3ccc(N)cc3F)ccnc2c1.COc1ccc2c(Oc3ccc([N+](=O)[O-])cc3F)ccnc2c1. The van der Waals surface area contributed by atoms with Crippen LogP contribution >= 0.6 is 0 Å². The van der Waals surface area contributed by atoms with Gasteiger partial charge in [0.15, 0.2) is 23.1 Å². The Morgan fingerprint density at radius 1 is 0.659 bits per heavy atom. The van der Waals surface area contributed by atoms with Crippen LogP contribution in [-0.2, 0) is 0 Å². The number of halogens is 2. The Kier molecular flexibility index (Phi) is 8.61. The molecule has 0 aliphatic carbocycles. The van der Waals surface area contributed by atoms with Gasteiger partial charge in [0.25, 0.3) is 5.69 Å². The van der Waals surface area contributed by atoms with Crippen molar-refractivity contribution in [3.8, 4) is 34.5 Å². The predicted octanol–water partition coefficient (Wildman–Crippen LogP) is 7.84. The minimum Gasteiger partial charge on any atom is -0.497 e. The van der Waals surface area contributed by atoms with Gasteiger partial charge in [-0.1, -0.05) is 0 Å². The molecule has 0 fully saturated rings. The Bertz CT molecular complexity index is 1990. The molecule has 6 rings (SSSR count). The largest absolute Gasteiger partial charge is 0.497 e. The third-order valence-corrected chi connectivity index (χ3v) is 6.34. The van der Waals surface area contributed by atoms with Gasteiger partial charge in [0.05, 0.1) is 36.2 Å². The smallest absolute Gasteiger partial charge is 0.272 e. The summed E-state index contributed by atoms with van der Waals surface area (Å²) in [4.78, 5) is 18.4. The van der Waals surface area contributed by atoms with Crippen molar-refractivity contribution < 1.29 is 32.7 Å². The molecular weight excluding hydrogens is 574 g/mol. The van der Waals surface area contributed by atoms with E-state index in [0.29, 0.717) is 45.1 Å². The Labute approximate surface area is 249 Å². The molecule has 0 unspecified atom stereocenters. The number of nitrogen functional groups attached to an aromatic ring is 1. The molecule has 0 aliphatic heterocycles. The molecule has 2 aromatic heterocycles. The maximum absolute atomic E-state index is 13.9. The van der Waals surface area contributed by atoms with Crippen molar-refractivity contribution >= 4 is 33.2 Å². The number of non-ortho nitro benzene ring substituents is 1. The van der Waals surface area contributed by atoms with Crippen LogP contribution in [0.4, 0.5) is 20.2 Å². The molecule has 0 bridgehead atoms. The maximum atomic E-state index is 13.9. The van der Waals surface area contributed by atoms with Crippen molar-refractivity contribution in [3.05, 3.63) is 119 Å². The summed E-state index contributed by atoms with van der Waals surface area (Å²) in [6.45, 7) is 0. The average Bonchev–Trinajstić information content (AvgIpc) is 3.03. The van der Waals surface area contributed by atoms with Crippen molar-refractivity contribution in [2.24, 2.45) is 0 Å². The van der Waals surface area contributed by atoms with Gasteiger partial charge in [-0.3, -0.25) is 20.1 Å². The number of nitrogens with zero attached hydrogens (tertiary/aromatic N) is 3. The van der Waals surface area contributed by atoms with Gasteiger partial charge in [0, 0.05) is 53.1 Å². The highest BCUT2D eigenvalue weighted by Crippen LogP contribution is 2.34. The van der Waals surface area contributed by atoms with Crippen molar-refractivity contribution in [2.75, 3.05) is 20.0 Å². The van der Waals surface area contributed by atoms with Gasteiger partial charge in [-0.05, 0) is 54.6 Å². The monoisotopic (exact) mass is 598 g/mol. The topological polar surface area (TPSA) is 132 Å². The predicted molar refractivity (Wildman–Crippen MR) is 161 cm³/mol. The van der Waals surface area contributed by atoms with Gasteiger partial charge in [-0.25, -0.2) is 8.78 Å². The number of hydrogen-bond donors (Lipinski definition) is 1. The van der Waals surface area contributed by atoms with Gasteiger partial charge in [0.2, 0.25) is 0 Å². The fraction of sp³-hybridized carbons (Fsp3) is 0.0625. The van der Waals surface area contributed by atoms with Gasteiger partial charge in [-0.15, -0.1) is 0 Å². The highest BCUT2D eigenvalue weighted by Gasteiger charge is 2.14. The summed E-state index contributed by atoms with van der Waals surface area (Å²) in [6, 6.07) is 21.5. The summed E-state index contributed by atoms with van der Waals surface area (Å²) in [5.74, 6) is 0.962. The zero-order valence-electron chi connectivity index (χ0n) is 23.4. The lowest BCUT2D eigenvalue weighted by Crippen LogP contribution is -1.93. The van der Waals surface area contributed by atoms with Gasteiger partial charge in [0.1, 0.15) is 23.0 Å². The summed E-state index contributed by atoms with van der Waals surface area (Å²) < 4.78 is 49.2. The number of nitrogens with two attached hydrogens (primary N) is 1. The second kappa shape index (κ2) is 12.9. The summed E-state index contributed by atoms with van der Waals surface area (Å²) in [7, 11) is 3.14. The number of benzene rings is 4. The molecule has 10 nitrogen and oxygen atoms in total. The number of aromatic nitrogens is 2. The first kappa shape index (κ1) is 29.5. The molecule has 12 heteroatoms. The minimum absolute atomic E-state index is 0.0982. The maximum Gasteiger partial charge on any atom is 0.272 e. The second-order valence-corrected chi connectivity index (χ2v) is 9.15. The van der Waals surface area contributed by atoms with Gasteiger partial charge >= 0.3 is 0 Å². The lowest BCUT2D eigenvalue weighted by molar-refractivity contribution is -0.385. The summed E-state index contributed by atoms with van der Waals surface area (Å²) in [6.07, 6.45) is 3.13. The number of hydrogen-bond acceptors (Lipinski definition) is 9. The second-order valence-electron chi connectivity index (χ2n) is 9.15. The van der Waals surface area contributed by atoms with E-state index in [1.165, 1.54) is 30.5 Å². The van der Waals surface area contributed by atoms with E-state index < -0.39 is 16.6 Å². The highest BCUT2D eigenvalue weighted by atomic mass is 19.1. The molecule has 0 spiro atoms. The first-order valence-corrected chi connectivity index (χ1v) is 13.0. The van der Waals surface area contributed by atoms with Gasteiger partial charge in [-0.2, -0.15) is 0 Å². The van der Waals surface area contributed by atoms with Crippen LogP contribution in [0.5, 0.6) is 34.5 Å². The van der Waals surface area contributed by atoms with E-state index in [9.17, 15) is 18.9 Å². The molecule has 2 heterocycles. The molecule has 0 radical (unpaired) electrons. The van der Waals surface area contributed by atoms with Crippen molar-refractivity contribution in [2.45, 2.75) is 0 Å². The van der Waals surface area contributed by atoms with E-state index in [1.807, 2.05) is 6.07 Å². The number of nitro benzene ring substituents is 1. The number of pyridine rings is 2. The number of methoxy groups -OCH3 is 2. The van der Waals surface area contributed by atoms with Crippen LogP contribution in [0.3, 0.4) is 0 Å². The van der Waals surface area contributed by atoms with Crippen LogP contribution in [0.15, 0.2) is 97.3 Å². The Balaban J connectivity index is 0.000000175. The molecule has 0 atom stereocenters. The molecular formula is C32H24F2N4O6. The van der Waals surface area contributed by atoms with Gasteiger partial charge < -0.3 is 24.7 Å². The Morgan fingerprint density at radius 2 is 1.16 bits per heavy atom. The van der Waals surface area contributed by atoms with Crippen LogP contribution in [0.25, 0.3) is 21.8 Å². The fourth-order valence-corrected chi connectivity index (χ4v) is 4.16. The van der Waals surface area contributed by atoms with Crippen LogP contribution in [0.2, 0.25) is 0 Å². The van der Waals surface area contributed by atoms with Crippen LogP contribution in [0.1, 0.15) is 0 Å². The van der Waals surface area contributed by atoms with Crippen molar-refractivity contribution in [1.29, 1.82) is 0 Å². The van der Waals surface area contributed by atoms with Crippen LogP contribution in [-0.4, -0.2) is 29.1 Å². The van der Waals surface area contributed by atoms with Crippen molar-refractivity contribution in [3.63, 3.8) is 0 Å². The van der Waals surface area contributed by atoms with E-state index >= 15 is 0 Å². The number of fused-ring (bicyclic) bond motifs is 2. The lowest BCUT2D eigenvalue weighted by Gasteiger charge is -2.10. The van der Waals surface area contributed by atoms with Crippen molar-refractivity contribution in [1.82, 2.24) is 9.97 Å². The average molecular weight is 599 g/mol. The zero-order valence-corrected chi connectivity index (χ0v) is 23.4. The quantitative estimate of drug-likeness (QED) is 0.111. The highest BCUT2D eigenvalue weighted by molar-refractivity contribution is 5.87. The molecule has 0 aliphatic rings. The third-order valence-electron chi connectivity index (χ3n) is 6.34. The van der Waals surface area contributed by atoms with E-state index in [1.54, 1.807) is 68.9 Å². The molecule has 0 saturated heterocycles. The Morgan fingerprint density at radius 3 is 1.61 bits per heavy atom. The lowest BCUT2D eigenvalue weighted by atomic mass is 10.2. The van der Waals surface area contributed by atoms with E-state index in [0.717, 1.165) is 11.5 Å². The summed E-state index contributed by atoms with van der Waals surface area (Å²) in [5.41, 5.74) is 6.88. The number of rotatable bonds is 7. The Hall–Kier alpha value is -6.04. The standard InChI is InChI=1S/C16H11FN2O4.C16H13FN2O2/c1-22-11-3-4-12-14(9-11)18-7-6-15(12)23-16-5-2-10(19(20)21)8-13(16)17;1-20-11-3-4-12-14(9-11)19-7-6-15(12)21-16-5-2-10(18)8-13(16)17/h2-9H,1H3;2-9H,18H2,1H3. The molecule has 4 aromatic carbocycles. The molecule has 0 amide bonds. The molecule has 0 saturated carbocycles. The normalized spacial score (nSPS) is 10.5. The third kappa shape index (κ3) is 6.54. The molecule has 6 aromatic rings. The van der Waals surface area contributed by atoms with E-state index in [4.69, 9.17) is 24.7 Å². The minimum atomic E-state index is -0.808. The number of nitro groups is 1. The number of ether oxygens (including phenoxy) is 4. The molecule has 44 heavy (non-hydrogen) atoms. The fourth-order valence-electron chi connectivity index (χ4n) is 4.16. The first-order chi connectivity index (χ1) is 21.2. The molecule has 222 valence electrons. The summed E-state index contributed by atoms with van der Waals surface area (Å²) >= 11 is 0. The summed E-state index contributed by atoms with van der Waals surface area (Å²) in [5, 5.41) is 12.1. The van der Waals surface area contributed by atoms with E-state index in [2.05, 4.69) is 9.97 Å².